The molecular formula is C77H152O4. The Morgan fingerprint density at radius 2 is 0.543 bits per heavy atom. The van der Waals surface area contributed by atoms with Gasteiger partial charge in [0.25, 0.3) is 0 Å². The number of aliphatic hydroxyl groups excluding tert-OH is 2. The van der Waals surface area contributed by atoms with Gasteiger partial charge in [0.1, 0.15) is 0 Å². The lowest BCUT2D eigenvalue weighted by Crippen LogP contribution is -2.28. The average Bonchev–Trinajstić information content (AvgIpc) is 4.26. The molecule has 4 heteroatoms. The van der Waals surface area contributed by atoms with Crippen molar-refractivity contribution in [3.05, 3.63) is 0 Å². The Kier molecular flexibility index (Phi) is 60.4. The Morgan fingerprint density at radius 3 is 0.840 bits per heavy atom. The summed E-state index contributed by atoms with van der Waals surface area (Å²) in [5, 5.41) is 31.1. The molecule has 1 fully saturated rings. The van der Waals surface area contributed by atoms with Crippen LogP contribution in [0, 0.1) is 29.6 Å². The highest BCUT2D eigenvalue weighted by Crippen LogP contribution is 2.49. The van der Waals surface area contributed by atoms with Crippen molar-refractivity contribution in [1.29, 1.82) is 0 Å². The molecule has 1 saturated carbocycles. The van der Waals surface area contributed by atoms with Crippen LogP contribution < -0.4 is 0 Å². The second-order valence-corrected chi connectivity index (χ2v) is 28.2. The van der Waals surface area contributed by atoms with Gasteiger partial charge in [0.15, 0.2) is 0 Å². The first-order valence-electron chi connectivity index (χ1n) is 38.4. The molecule has 3 N–H and O–H groups in total. The number of aliphatic carboxylic acids is 1. The van der Waals surface area contributed by atoms with Crippen molar-refractivity contribution >= 4 is 5.97 Å². The van der Waals surface area contributed by atoms with Gasteiger partial charge >= 0.3 is 5.97 Å². The first-order chi connectivity index (χ1) is 39.8. The third-order valence-electron chi connectivity index (χ3n) is 20.3. The van der Waals surface area contributed by atoms with Crippen LogP contribution in [0.1, 0.15) is 445 Å². The molecule has 0 heterocycles. The van der Waals surface area contributed by atoms with Crippen molar-refractivity contribution in [2.24, 2.45) is 29.6 Å². The highest BCUT2D eigenvalue weighted by atomic mass is 16.4. The fourth-order valence-corrected chi connectivity index (χ4v) is 14.1. The van der Waals surface area contributed by atoms with Gasteiger partial charge in [-0.1, -0.05) is 413 Å². The minimum absolute atomic E-state index is 0.0769. The van der Waals surface area contributed by atoms with Crippen LogP contribution in [0.2, 0.25) is 0 Å². The van der Waals surface area contributed by atoms with Gasteiger partial charge in [0, 0.05) is 0 Å². The molecule has 81 heavy (non-hydrogen) atoms. The van der Waals surface area contributed by atoms with Gasteiger partial charge in [0.05, 0.1) is 18.1 Å². The largest absolute Gasteiger partial charge is 0.481 e. The van der Waals surface area contributed by atoms with Gasteiger partial charge in [-0.05, 0) is 55.8 Å². The zero-order valence-electron chi connectivity index (χ0n) is 56.3. The summed E-state index contributed by atoms with van der Waals surface area (Å²) in [6.07, 6.45) is 86.9. The molecule has 0 radical (unpaired) electrons. The van der Waals surface area contributed by atoms with Crippen molar-refractivity contribution in [2.45, 2.75) is 457 Å². The van der Waals surface area contributed by atoms with Crippen LogP contribution in [-0.2, 0) is 4.79 Å². The molecular weight excluding hydrogens is 989 g/mol. The van der Waals surface area contributed by atoms with Crippen molar-refractivity contribution in [3.63, 3.8) is 0 Å². The smallest absolute Gasteiger partial charge is 0.309 e. The molecule has 1 aliphatic carbocycles. The summed E-state index contributed by atoms with van der Waals surface area (Å²) in [5.41, 5.74) is 0. The first-order valence-corrected chi connectivity index (χ1v) is 38.4. The van der Waals surface area contributed by atoms with Gasteiger partial charge in [0.2, 0.25) is 0 Å². The maximum absolute atomic E-state index is 12.0. The number of carboxylic acids is 1. The van der Waals surface area contributed by atoms with Gasteiger partial charge in [-0.3, -0.25) is 4.79 Å². The molecule has 1 rings (SSSR count). The first kappa shape index (κ1) is 78.4. The molecule has 0 bridgehead atoms. The number of rotatable bonds is 70. The highest BCUT2D eigenvalue weighted by molar-refractivity contribution is 5.70. The second kappa shape index (κ2) is 62.4. The maximum Gasteiger partial charge on any atom is 0.309 e. The van der Waals surface area contributed by atoms with Gasteiger partial charge < -0.3 is 15.3 Å². The van der Waals surface area contributed by atoms with E-state index in [0.29, 0.717) is 18.8 Å². The lowest BCUT2D eigenvalue weighted by atomic mass is 9.91. The van der Waals surface area contributed by atoms with Gasteiger partial charge in [-0.25, -0.2) is 0 Å². The van der Waals surface area contributed by atoms with Crippen LogP contribution in [0.5, 0.6) is 0 Å². The van der Waals surface area contributed by atoms with Crippen molar-refractivity contribution in [2.75, 3.05) is 0 Å². The number of hydrogen-bond donors (Lipinski definition) is 3. The minimum atomic E-state index is -0.799. The van der Waals surface area contributed by atoms with E-state index in [1.165, 1.54) is 372 Å². The topological polar surface area (TPSA) is 77.8 Å². The van der Waals surface area contributed by atoms with Crippen LogP contribution in [0.4, 0.5) is 0 Å². The van der Waals surface area contributed by atoms with Crippen molar-refractivity contribution < 1.29 is 20.1 Å². The normalized spacial score (nSPS) is 16.3. The quantitative estimate of drug-likeness (QED) is 0.0531. The zero-order valence-corrected chi connectivity index (χ0v) is 56.3. The lowest BCUT2D eigenvalue weighted by Gasteiger charge is -2.19. The fourth-order valence-electron chi connectivity index (χ4n) is 14.1. The third kappa shape index (κ3) is 54.5. The third-order valence-corrected chi connectivity index (χ3v) is 20.3. The molecule has 0 saturated heterocycles. The SMILES string of the molecule is CCCCCCCCCCCCCCCCCCCCCCCCC(C(=O)O)[C@H](O)CCCCCCCCCCCCCCCCC1C[C@@H]1[C@@H](C)CCCCCCCCCCCCCCCCCC[C@H](O)[C@@H](C)CCCCCCCC. The summed E-state index contributed by atoms with van der Waals surface area (Å²) in [7, 11) is 0. The highest BCUT2D eigenvalue weighted by Gasteiger charge is 2.39. The predicted octanol–water partition coefficient (Wildman–Crippen LogP) is 26.3. The molecule has 0 aromatic carbocycles. The predicted molar refractivity (Wildman–Crippen MR) is 360 cm³/mol. The molecule has 0 spiro atoms. The van der Waals surface area contributed by atoms with E-state index in [9.17, 15) is 20.1 Å². The summed E-state index contributed by atoms with van der Waals surface area (Å²) >= 11 is 0. The summed E-state index contributed by atoms with van der Waals surface area (Å²) in [6.45, 7) is 9.41. The molecule has 1 aliphatic rings. The van der Waals surface area contributed by atoms with E-state index in [0.717, 1.165) is 49.9 Å². The van der Waals surface area contributed by atoms with E-state index in [1.54, 1.807) is 0 Å². The number of carboxylic acid groups (broad SMARTS) is 1. The van der Waals surface area contributed by atoms with Crippen LogP contribution in [-0.4, -0.2) is 33.5 Å². The van der Waals surface area contributed by atoms with Crippen LogP contribution in [0.15, 0.2) is 0 Å². The van der Waals surface area contributed by atoms with E-state index in [2.05, 4.69) is 27.7 Å². The zero-order chi connectivity index (χ0) is 58.6. The van der Waals surface area contributed by atoms with Crippen molar-refractivity contribution in [1.82, 2.24) is 0 Å². The van der Waals surface area contributed by atoms with Crippen LogP contribution in [0.3, 0.4) is 0 Å². The Balaban J connectivity index is 1.78. The minimum Gasteiger partial charge on any atom is -0.481 e. The Hall–Kier alpha value is -0.610. The van der Waals surface area contributed by atoms with Crippen LogP contribution in [0.25, 0.3) is 0 Å². The van der Waals surface area contributed by atoms with E-state index >= 15 is 0 Å². The van der Waals surface area contributed by atoms with E-state index in [4.69, 9.17) is 0 Å². The standard InChI is InChI=1S/C77H152O4/c1-5-7-9-11-13-14-15-16-17-18-19-20-21-22-23-27-33-38-43-48-54-60-66-73(77(80)81)76(79)68-62-56-50-45-40-35-30-29-32-37-42-47-53-59-65-72-69-74(72)70(3)63-57-52-46-41-36-31-26-24-25-28-34-39-44-49-55-61-67-75(78)71(4)64-58-51-12-10-8-6-2/h70-76,78-79H,5-69H2,1-4H3,(H,80,81)/t70-,71-,72?,73?,74+,75-,76+/m0/s1. The van der Waals surface area contributed by atoms with E-state index < -0.39 is 18.0 Å². The molecule has 0 aromatic heterocycles. The van der Waals surface area contributed by atoms with Crippen LogP contribution >= 0.6 is 0 Å². The Labute approximate surface area is 510 Å². The molecule has 7 atom stereocenters. The molecule has 2 unspecified atom stereocenters. The number of aliphatic hydroxyl groups is 2. The molecule has 4 nitrogen and oxygen atoms in total. The molecule has 0 aromatic rings. The van der Waals surface area contributed by atoms with Crippen molar-refractivity contribution in [3.8, 4) is 0 Å². The molecule has 484 valence electrons. The average molecular weight is 1140 g/mol. The van der Waals surface area contributed by atoms with E-state index in [-0.39, 0.29) is 6.10 Å². The fraction of sp³-hybridized carbons (Fsp3) is 0.987. The number of hydrogen-bond acceptors (Lipinski definition) is 3. The summed E-state index contributed by atoms with van der Waals surface area (Å²) in [4.78, 5) is 12.0. The second-order valence-electron chi connectivity index (χ2n) is 28.2. The Bertz CT molecular complexity index is 1220. The lowest BCUT2D eigenvalue weighted by molar-refractivity contribution is -0.146. The maximum atomic E-state index is 12.0. The summed E-state index contributed by atoms with van der Waals surface area (Å²) in [5.74, 6) is 2.17. The molecule has 0 aliphatic heterocycles. The summed E-state index contributed by atoms with van der Waals surface area (Å²) in [6, 6.07) is 0. The monoisotopic (exact) mass is 1140 g/mol. The van der Waals surface area contributed by atoms with E-state index in [1.807, 2.05) is 0 Å². The van der Waals surface area contributed by atoms with Gasteiger partial charge in [-0.15, -0.1) is 0 Å². The summed E-state index contributed by atoms with van der Waals surface area (Å²) < 4.78 is 0. The Morgan fingerprint density at radius 1 is 0.309 bits per heavy atom. The van der Waals surface area contributed by atoms with Gasteiger partial charge in [-0.2, -0.15) is 0 Å². The number of carbonyl (C=O) groups is 1. The number of unbranched alkanes of at least 4 members (excludes halogenated alkanes) is 54. The molecule has 0 amide bonds.